The summed E-state index contributed by atoms with van der Waals surface area (Å²) in [6, 6.07) is 7.23. The Hall–Kier alpha value is -1.53. The first-order chi connectivity index (χ1) is 10.2. The van der Waals surface area contributed by atoms with Crippen LogP contribution in [-0.4, -0.2) is 31.0 Å². The van der Waals surface area contributed by atoms with Gasteiger partial charge in [-0.3, -0.25) is 0 Å². The summed E-state index contributed by atoms with van der Waals surface area (Å²) in [5, 5.41) is 2.67. The molecule has 0 saturated carbocycles. The van der Waals surface area contributed by atoms with Crippen molar-refractivity contribution in [2.45, 2.75) is 52.2 Å². The number of benzene rings is 1. The number of amides is 1. The maximum atomic E-state index is 11.6. The molecule has 1 aromatic carbocycles. The Morgan fingerprint density at radius 1 is 1.23 bits per heavy atom. The summed E-state index contributed by atoms with van der Waals surface area (Å²) in [5.74, 6) is 0.473. The molecule has 1 N–H and O–H groups in total. The van der Waals surface area contributed by atoms with Crippen LogP contribution in [0.15, 0.2) is 24.3 Å². The summed E-state index contributed by atoms with van der Waals surface area (Å²) in [6.07, 6.45) is 0.413. The van der Waals surface area contributed by atoms with Crippen LogP contribution in [0, 0.1) is 0 Å². The molecular formula is C16H24BNO4. The molecule has 0 unspecified atom stereocenters. The summed E-state index contributed by atoms with van der Waals surface area (Å²) in [7, 11) is -0.466. The number of hydrogen-bond acceptors (Lipinski definition) is 4. The van der Waals surface area contributed by atoms with E-state index in [1.165, 1.54) is 0 Å². The van der Waals surface area contributed by atoms with Crippen molar-refractivity contribution in [3.05, 3.63) is 24.3 Å². The van der Waals surface area contributed by atoms with Crippen LogP contribution >= 0.6 is 0 Å². The summed E-state index contributed by atoms with van der Waals surface area (Å²) in [6.45, 7) is 10.6. The van der Waals surface area contributed by atoms with Gasteiger partial charge in [-0.2, -0.15) is 0 Å². The minimum Gasteiger partial charge on any atom is -0.410 e. The number of rotatable bonds is 4. The van der Waals surface area contributed by atoms with E-state index in [-0.39, 0.29) is 0 Å². The highest BCUT2D eigenvalue weighted by Gasteiger charge is 2.51. The van der Waals surface area contributed by atoms with Gasteiger partial charge in [-0.25, -0.2) is 4.79 Å². The first kappa shape index (κ1) is 16.8. The number of nitrogens with one attached hydrogen (secondary N) is 1. The Balaban J connectivity index is 2.08. The molecule has 5 nitrogen and oxygen atoms in total. The van der Waals surface area contributed by atoms with E-state index in [1.54, 1.807) is 12.1 Å². The zero-order chi connectivity index (χ0) is 16.4. The van der Waals surface area contributed by atoms with E-state index in [0.717, 1.165) is 11.9 Å². The largest absolute Gasteiger partial charge is 0.494 e. The average Bonchev–Trinajstić information content (AvgIpc) is 2.65. The first-order valence-electron chi connectivity index (χ1n) is 7.66. The Morgan fingerprint density at radius 2 is 1.86 bits per heavy atom. The smallest absolute Gasteiger partial charge is 0.410 e. The van der Waals surface area contributed by atoms with E-state index < -0.39 is 24.4 Å². The second-order valence-corrected chi connectivity index (χ2v) is 6.48. The lowest BCUT2D eigenvalue weighted by molar-refractivity contribution is 0.00578. The lowest BCUT2D eigenvalue weighted by Gasteiger charge is -2.32. The highest BCUT2D eigenvalue weighted by atomic mass is 16.7. The van der Waals surface area contributed by atoms with E-state index >= 15 is 0 Å². The third-order valence-corrected chi connectivity index (χ3v) is 4.11. The van der Waals surface area contributed by atoms with Gasteiger partial charge in [0.25, 0.3) is 0 Å². The maximum absolute atomic E-state index is 11.6. The van der Waals surface area contributed by atoms with Crippen LogP contribution in [-0.2, 0) is 9.31 Å². The number of hydrogen-bond donors (Lipinski definition) is 1. The zero-order valence-corrected chi connectivity index (χ0v) is 13.9. The highest BCUT2D eigenvalue weighted by molar-refractivity contribution is 6.62. The summed E-state index contributed by atoms with van der Waals surface area (Å²) >= 11 is 0. The van der Waals surface area contributed by atoms with Gasteiger partial charge in [-0.05, 0) is 51.7 Å². The van der Waals surface area contributed by atoms with Crippen LogP contribution in [0.1, 0.15) is 41.0 Å². The van der Waals surface area contributed by atoms with E-state index in [4.69, 9.17) is 14.0 Å². The van der Waals surface area contributed by atoms with Gasteiger partial charge in [0.1, 0.15) is 5.75 Å². The molecule has 22 heavy (non-hydrogen) atoms. The molecule has 0 aromatic heterocycles. The molecule has 6 heteroatoms. The van der Waals surface area contributed by atoms with Crippen molar-refractivity contribution in [1.29, 1.82) is 0 Å². The Labute approximate surface area is 132 Å². The molecule has 1 heterocycles. The number of carbonyl (C=O) groups is 1. The van der Waals surface area contributed by atoms with Gasteiger partial charge in [0.05, 0.1) is 11.2 Å². The third-order valence-electron chi connectivity index (χ3n) is 4.11. The van der Waals surface area contributed by atoms with Gasteiger partial charge in [0, 0.05) is 6.54 Å². The molecule has 0 aliphatic carbocycles. The summed E-state index contributed by atoms with van der Waals surface area (Å²) in [5.41, 5.74) is 0.0412. The lowest BCUT2D eigenvalue weighted by atomic mass is 9.79. The van der Waals surface area contributed by atoms with Crippen molar-refractivity contribution in [2.24, 2.45) is 0 Å². The fraction of sp³-hybridized carbons (Fsp3) is 0.562. The molecule has 0 bridgehead atoms. The minimum absolute atomic E-state index is 0.396. The third kappa shape index (κ3) is 3.62. The van der Waals surface area contributed by atoms with Crippen LogP contribution in [0.5, 0.6) is 5.75 Å². The van der Waals surface area contributed by atoms with E-state index in [1.807, 2.05) is 46.8 Å². The van der Waals surface area contributed by atoms with Crippen LogP contribution in [0.4, 0.5) is 4.79 Å². The minimum atomic E-state index is -0.466. The molecule has 120 valence electrons. The molecule has 0 spiro atoms. The highest BCUT2D eigenvalue weighted by Crippen LogP contribution is 2.36. The van der Waals surface area contributed by atoms with Crippen molar-refractivity contribution >= 4 is 18.7 Å². The van der Waals surface area contributed by atoms with E-state index in [2.05, 4.69) is 5.32 Å². The molecule has 1 aliphatic heterocycles. The molecule has 0 atom stereocenters. The SMILES string of the molecule is CCCNC(=O)Oc1cccc(B2OC(C)(C)C(C)(C)O2)c1. The van der Waals surface area contributed by atoms with Crippen molar-refractivity contribution in [2.75, 3.05) is 6.54 Å². The lowest BCUT2D eigenvalue weighted by Crippen LogP contribution is -2.41. The van der Waals surface area contributed by atoms with Gasteiger partial charge >= 0.3 is 13.2 Å². The molecule has 1 aliphatic rings. The molecular weight excluding hydrogens is 281 g/mol. The van der Waals surface area contributed by atoms with Crippen LogP contribution < -0.4 is 15.5 Å². The molecule has 1 amide bonds. The van der Waals surface area contributed by atoms with Crippen LogP contribution in [0.25, 0.3) is 0 Å². The Kier molecular flexibility index (Phi) is 4.82. The van der Waals surface area contributed by atoms with Gasteiger partial charge in [-0.15, -0.1) is 0 Å². The van der Waals surface area contributed by atoms with Gasteiger partial charge in [0.2, 0.25) is 0 Å². The van der Waals surface area contributed by atoms with Crippen LogP contribution in [0.2, 0.25) is 0 Å². The van der Waals surface area contributed by atoms with Crippen molar-refractivity contribution in [1.82, 2.24) is 5.32 Å². The van der Waals surface area contributed by atoms with Crippen molar-refractivity contribution < 1.29 is 18.8 Å². The molecule has 1 aromatic rings. The predicted molar refractivity (Wildman–Crippen MR) is 86.5 cm³/mol. The fourth-order valence-electron chi connectivity index (χ4n) is 2.07. The second-order valence-electron chi connectivity index (χ2n) is 6.48. The normalized spacial score (nSPS) is 19.0. The fourth-order valence-corrected chi connectivity index (χ4v) is 2.07. The molecule has 2 rings (SSSR count). The average molecular weight is 305 g/mol. The number of ether oxygens (including phenoxy) is 1. The monoisotopic (exact) mass is 305 g/mol. The quantitative estimate of drug-likeness (QED) is 0.868. The summed E-state index contributed by atoms with van der Waals surface area (Å²) in [4.78, 5) is 11.6. The standard InChI is InChI=1S/C16H24BNO4/c1-6-10-18-14(19)20-13-9-7-8-12(11-13)17-21-15(2,3)16(4,5)22-17/h7-9,11H,6,10H2,1-5H3,(H,18,19). The molecule has 0 radical (unpaired) electrons. The van der Waals surface area contributed by atoms with Crippen molar-refractivity contribution in [3.8, 4) is 5.75 Å². The number of carbonyl (C=O) groups excluding carboxylic acids is 1. The first-order valence-corrected chi connectivity index (χ1v) is 7.66. The Morgan fingerprint density at radius 3 is 2.45 bits per heavy atom. The van der Waals surface area contributed by atoms with Crippen LogP contribution in [0.3, 0.4) is 0 Å². The maximum Gasteiger partial charge on any atom is 0.494 e. The van der Waals surface area contributed by atoms with E-state index in [0.29, 0.717) is 12.3 Å². The topological polar surface area (TPSA) is 56.8 Å². The van der Waals surface area contributed by atoms with Gasteiger partial charge < -0.3 is 19.4 Å². The van der Waals surface area contributed by atoms with Gasteiger partial charge in [-0.1, -0.05) is 19.1 Å². The molecule has 1 fully saturated rings. The second kappa shape index (κ2) is 6.30. The van der Waals surface area contributed by atoms with E-state index in [9.17, 15) is 4.79 Å². The zero-order valence-electron chi connectivity index (χ0n) is 13.9. The van der Waals surface area contributed by atoms with Crippen molar-refractivity contribution in [3.63, 3.8) is 0 Å². The molecule has 1 saturated heterocycles. The predicted octanol–water partition coefficient (Wildman–Crippen LogP) is 2.48. The summed E-state index contributed by atoms with van der Waals surface area (Å²) < 4.78 is 17.3. The van der Waals surface area contributed by atoms with Gasteiger partial charge in [0.15, 0.2) is 0 Å². The Bertz CT molecular complexity index is 529.